The lowest BCUT2D eigenvalue weighted by Gasteiger charge is -2.38. The van der Waals surface area contributed by atoms with Gasteiger partial charge >= 0.3 is 0 Å². The molecule has 16 nitrogen and oxygen atoms in total. The van der Waals surface area contributed by atoms with Crippen LogP contribution in [0.1, 0.15) is 179 Å². The number of fused-ring (bicyclic) bond motifs is 21. The highest BCUT2D eigenvalue weighted by Gasteiger charge is 2.61. The van der Waals surface area contributed by atoms with Crippen molar-refractivity contribution in [3.8, 4) is 11.5 Å². The molecule has 3 aliphatic carbocycles. The fourth-order valence-electron chi connectivity index (χ4n) is 15.3. The normalized spacial score (nSPS) is 22.4. The van der Waals surface area contributed by atoms with Crippen LogP contribution in [0.3, 0.4) is 0 Å². The molecule has 0 radical (unpaired) electrons. The minimum absolute atomic E-state index is 0.461. The number of rotatable bonds is 32. The van der Waals surface area contributed by atoms with Gasteiger partial charge in [0.1, 0.15) is 103 Å². The van der Waals surface area contributed by atoms with Crippen molar-refractivity contribution in [2.75, 3.05) is 52.9 Å². The number of amidine groups is 4. The number of hydrogen-bond donors (Lipinski definition) is 2. The molecule has 6 unspecified atom stereocenters. The Morgan fingerprint density at radius 3 is 1.21 bits per heavy atom. The van der Waals surface area contributed by atoms with Crippen LogP contribution in [0.15, 0.2) is 138 Å². The van der Waals surface area contributed by atoms with Gasteiger partial charge in [-0.3, -0.25) is 0 Å². The topological polar surface area (TPSA) is 176 Å². The number of ether oxygens (including phenoxy) is 8. The SMILES string of the molecule is CCCCOC1=c2ccccc2=C(OCCCC)C2C1=C1N=C3N=C(N=c4[nH]c(c5c(OCCCC)c6ccccc6c(OCCCC)c45)=NC4=NC(=NC2(C)N1)C1C(OCCCC)=c2ccccc2=C(OCCCC)C41C)C1C(OCCCC)=c2ccccc2=C(OCCCC)C31C. The third kappa shape index (κ3) is 12.3. The van der Waals surface area contributed by atoms with E-state index in [0.717, 1.165) is 179 Å². The molecular weight excluding hydrogens is 1240 g/mol. The van der Waals surface area contributed by atoms with Crippen LogP contribution < -0.4 is 57.1 Å². The van der Waals surface area contributed by atoms with E-state index in [9.17, 15) is 0 Å². The van der Waals surface area contributed by atoms with Gasteiger partial charge in [0.05, 0.1) is 87.0 Å². The molecule has 4 aliphatic heterocycles. The highest BCUT2D eigenvalue weighted by molar-refractivity contribution is 6.19. The van der Waals surface area contributed by atoms with E-state index >= 15 is 0 Å². The third-order valence-electron chi connectivity index (χ3n) is 20.6. The molecule has 2 N–H and O–H groups in total. The maximum atomic E-state index is 7.36. The molecule has 99 heavy (non-hydrogen) atoms. The van der Waals surface area contributed by atoms with Gasteiger partial charge in [0.15, 0.2) is 0 Å². The molecule has 5 aromatic carbocycles. The lowest BCUT2D eigenvalue weighted by Crippen LogP contribution is -2.51. The van der Waals surface area contributed by atoms with E-state index in [1.165, 1.54) is 0 Å². The fourth-order valence-corrected chi connectivity index (χ4v) is 15.3. The average molecular weight is 1340 g/mol. The van der Waals surface area contributed by atoms with Gasteiger partial charge in [0.25, 0.3) is 0 Å². The molecular formula is C83H102N8O8. The highest BCUT2D eigenvalue weighted by atomic mass is 16.5. The summed E-state index contributed by atoms with van der Waals surface area (Å²) in [5.74, 6) is 6.38. The van der Waals surface area contributed by atoms with Gasteiger partial charge in [-0.05, 0) is 72.1 Å². The number of H-pyrrole nitrogens is 1. The van der Waals surface area contributed by atoms with Gasteiger partial charge in [-0.25, -0.2) is 30.0 Å². The summed E-state index contributed by atoms with van der Waals surface area (Å²) in [5, 5.41) is 12.9. The minimum Gasteiger partial charge on any atom is -0.496 e. The summed E-state index contributed by atoms with van der Waals surface area (Å²) in [7, 11) is 0. The van der Waals surface area contributed by atoms with E-state index in [1.54, 1.807) is 0 Å². The first kappa shape index (κ1) is 68.8. The van der Waals surface area contributed by atoms with E-state index in [4.69, 9.17) is 67.8 Å². The molecule has 0 spiro atoms. The summed E-state index contributed by atoms with van der Waals surface area (Å²) in [4.78, 5) is 40.2. The second-order valence-electron chi connectivity index (χ2n) is 27.9. The maximum absolute atomic E-state index is 7.36. The van der Waals surface area contributed by atoms with Crippen LogP contribution in [-0.2, 0) is 28.4 Å². The first-order valence-electron chi connectivity index (χ1n) is 37.4. The van der Waals surface area contributed by atoms with Gasteiger partial charge in [0.2, 0.25) is 0 Å². The third-order valence-corrected chi connectivity index (χ3v) is 20.6. The summed E-state index contributed by atoms with van der Waals surface area (Å²) in [6, 6.07) is 33.8. The Morgan fingerprint density at radius 2 is 0.737 bits per heavy atom. The second-order valence-corrected chi connectivity index (χ2v) is 27.9. The van der Waals surface area contributed by atoms with Gasteiger partial charge in [0, 0.05) is 42.1 Å². The Hall–Kier alpha value is -8.66. The number of aliphatic imine (C=N–C) groups is 4. The molecule has 5 heterocycles. The summed E-state index contributed by atoms with van der Waals surface area (Å²) in [6.07, 6.45) is 14.2. The number of hydrogen-bond acceptors (Lipinski definition) is 15. The summed E-state index contributed by atoms with van der Waals surface area (Å²) in [6.45, 7) is 27.9. The molecule has 522 valence electrons. The van der Waals surface area contributed by atoms with E-state index < -0.39 is 34.2 Å². The monoisotopic (exact) mass is 1340 g/mol. The lowest BCUT2D eigenvalue weighted by atomic mass is 9.70. The highest BCUT2D eigenvalue weighted by Crippen LogP contribution is 2.55. The Balaban J connectivity index is 1.25. The first-order valence-corrected chi connectivity index (χ1v) is 37.4. The average Bonchev–Trinajstić information content (AvgIpc) is 1.53. The molecule has 16 heteroatoms. The van der Waals surface area contributed by atoms with Crippen molar-refractivity contribution < 1.29 is 37.9 Å². The molecule has 7 aliphatic rings. The van der Waals surface area contributed by atoms with Crippen molar-refractivity contribution in [1.29, 1.82) is 0 Å². The van der Waals surface area contributed by atoms with Crippen molar-refractivity contribution in [1.82, 2.24) is 10.3 Å². The van der Waals surface area contributed by atoms with Crippen LogP contribution in [0.5, 0.6) is 11.5 Å². The zero-order valence-corrected chi connectivity index (χ0v) is 60.4. The summed E-state index contributed by atoms with van der Waals surface area (Å²) in [5.41, 5.74) is -1.77. The summed E-state index contributed by atoms with van der Waals surface area (Å²) >= 11 is 0. The van der Waals surface area contributed by atoms with Crippen molar-refractivity contribution in [2.24, 2.45) is 58.5 Å². The smallest absolute Gasteiger partial charge is 0.147 e. The number of benzene rings is 5. The van der Waals surface area contributed by atoms with Crippen LogP contribution in [0.4, 0.5) is 0 Å². The number of unbranched alkanes of at least 4 members (excludes halogenated alkanes) is 8. The Morgan fingerprint density at radius 1 is 0.364 bits per heavy atom. The first-order chi connectivity index (χ1) is 48.5. The summed E-state index contributed by atoms with van der Waals surface area (Å²) < 4.78 is 58.4. The lowest BCUT2D eigenvalue weighted by molar-refractivity contribution is 0.193. The molecule has 0 fully saturated rings. The Bertz CT molecular complexity index is 4770. The largest absolute Gasteiger partial charge is 0.496 e. The van der Waals surface area contributed by atoms with Crippen molar-refractivity contribution in [3.63, 3.8) is 0 Å². The maximum Gasteiger partial charge on any atom is 0.147 e. The van der Waals surface area contributed by atoms with Gasteiger partial charge in [-0.15, -0.1) is 0 Å². The molecule has 6 atom stereocenters. The van der Waals surface area contributed by atoms with Crippen LogP contribution in [0.2, 0.25) is 0 Å². The Kier molecular flexibility index (Phi) is 20.9. The van der Waals surface area contributed by atoms with Crippen LogP contribution in [-0.4, -0.2) is 86.8 Å². The Labute approximate surface area is 582 Å². The second kappa shape index (κ2) is 30.0. The number of nitrogens with one attached hydrogen (secondary N) is 2. The molecule has 8 bridgehead atoms. The number of aromatic nitrogens is 1. The van der Waals surface area contributed by atoms with E-state index in [-0.39, 0.29) is 0 Å². The molecule has 0 saturated heterocycles. The quantitative estimate of drug-likeness (QED) is 0.0389. The molecule has 1 aromatic heterocycles. The minimum atomic E-state index is -1.29. The van der Waals surface area contributed by atoms with E-state index in [2.05, 4.69) is 184 Å². The standard InChI is InChI=1S/C83H102N8O8/c1-12-20-44-92-66-52-36-28-29-37-53(52)67(93-45-21-13-2)61-60(66)74-84-75(61)86-79-82(10)65(71(97-49-25-17-6)57-41-33-35-43-59(57)73(82)99-51-27-19-8)78(89-79)91-83(11)63-62(68(94-46-22-14-3)54-38-30-31-39-55(54)69(63)95-47-23-15-4)76(90-83)87-80-81(9)64(77(85-74)88-80)70(96-48-24-16-5)56-40-32-34-42-58(56)72(81)98-50-26-18-7/h28-43,63-65,90H,12-27,44-51H2,1-11H3,(H,84,85,86,87,88,89,91). The van der Waals surface area contributed by atoms with E-state index in [0.29, 0.717) is 121 Å². The number of nitrogens with zero attached hydrogens (tertiary/aromatic N) is 6. The van der Waals surface area contributed by atoms with Crippen molar-refractivity contribution >= 4 is 79.4 Å². The van der Waals surface area contributed by atoms with Crippen LogP contribution in [0, 0.1) is 28.6 Å². The number of aromatic amines is 1. The molecule has 13 rings (SSSR count). The zero-order chi connectivity index (χ0) is 68.8. The predicted molar refractivity (Wildman–Crippen MR) is 397 cm³/mol. The van der Waals surface area contributed by atoms with Gasteiger partial charge in [-0.1, -0.05) is 204 Å². The molecule has 0 saturated carbocycles. The fraction of sp³-hybridized carbons (Fsp3) is 0.494. The van der Waals surface area contributed by atoms with Crippen LogP contribution >= 0.6 is 0 Å². The van der Waals surface area contributed by atoms with Crippen molar-refractivity contribution in [3.05, 3.63) is 151 Å². The van der Waals surface area contributed by atoms with Gasteiger partial charge in [-0.2, -0.15) is 0 Å². The molecule has 0 amide bonds. The predicted octanol–water partition coefficient (Wildman–Crippen LogP) is 12.6. The molecule has 6 aromatic rings. The zero-order valence-electron chi connectivity index (χ0n) is 60.4. The van der Waals surface area contributed by atoms with E-state index in [1.807, 2.05) is 0 Å². The van der Waals surface area contributed by atoms with Crippen molar-refractivity contribution in [2.45, 2.75) is 185 Å². The van der Waals surface area contributed by atoms with Gasteiger partial charge < -0.3 is 48.2 Å². The van der Waals surface area contributed by atoms with Crippen LogP contribution in [0.25, 0.3) is 56.1 Å².